The number of nitrogens with two attached hydrogens (primary N) is 1. The Labute approximate surface area is 99.8 Å². The molecule has 88 valence electrons. The lowest BCUT2D eigenvalue weighted by Gasteiger charge is -2.12. The van der Waals surface area contributed by atoms with Crippen LogP contribution in [0.15, 0.2) is 24.8 Å². The highest BCUT2D eigenvalue weighted by molar-refractivity contribution is 5.88. The van der Waals surface area contributed by atoms with Crippen molar-refractivity contribution in [2.75, 3.05) is 0 Å². The number of aryl methyl sites for hydroxylation is 1. The Morgan fingerprint density at radius 2 is 2.12 bits per heavy atom. The van der Waals surface area contributed by atoms with Crippen LogP contribution in [0.5, 0.6) is 5.75 Å². The summed E-state index contributed by atoms with van der Waals surface area (Å²) in [6, 6.07) is 2.19. The highest BCUT2D eigenvalue weighted by Gasteiger charge is 2.14. The quantitative estimate of drug-likeness (QED) is 0.709. The number of benzene rings is 1. The van der Waals surface area contributed by atoms with Gasteiger partial charge in [-0.25, -0.2) is 4.79 Å². The van der Waals surface area contributed by atoms with Crippen LogP contribution in [0.3, 0.4) is 0 Å². The second-order valence-electron chi connectivity index (χ2n) is 3.30. The van der Waals surface area contributed by atoms with Gasteiger partial charge in [-0.15, -0.1) is 19.0 Å². The van der Waals surface area contributed by atoms with Crippen LogP contribution in [0, 0.1) is 6.92 Å². The molecule has 0 aliphatic heterocycles. The molecule has 0 unspecified atom stereocenters. The molecule has 0 saturated heterocycles. The smallest absolute Gasteiger partial charge is 0.335 e. The molecule has 0 spiro atoms. The van der Waals surface area contributed by atoms with E-state index in [1.54, 1.807) is 6.92 Å². The number of rotatable bonds is 3. The van der Waals surface area contributed by atoms with Gasteiger partial charge in [0.25, 0.3) is 0 Å². The maximum absolute atomic E-state index is 10.8. The van der Waals surface area contributed by atoms with Crippen LogP contribution >= 0.6 is 12.4 Å². The molecule has 0 saturated carbocycles. The third-order valence-electron chi connectivity index (χ3n) is 2.19. The molecule has 0 aliphatic carbocycles. The van der Waals surface area contributed by atoms with E-state index in [2.05, 4.69) is 6.58 Å². The van der Waals surface area contributed by atoms with Crippen molar-refractivity contribution >= 4 is 18.4 Å². The molecule has 0 heterocycles. The lowest BCUT2D eigenvalue weighted by Crippen LogP contribution is -2.09. The van der Waals surface area contributed by atoms with Crippen LogP contribution < -0.4 is 5.73 Å². The van der Waals surface area contributed by atoms with Crippen LogP contribution in [0.4, 0.5) is 0 Å². The van der Waals surface area contributed by atoms with Crippen molar-refractivity contribution in [2.24, 2.45) is 5.73 Å². The monoisotopic (exact) mass is 243 g/mol. The molecule has 1 aromatic rings. The van der Waals surface area contributed by atoms with Gasteiger partial charge in [0, 0.05) is 5.56 Å². The molecule has 0 bridgehead atoms. The third kappa shape index (κ3) is 2.74. The SMILES string of the molecule is C=C[C@@H](N)c1cc(C(=O)O)cc(C)c1O.Cl. The minimum atomic E-state index is -1.05. The summed E-state index contributed by atoms with van der Waals surface area (Å²) >= 11 is 0. The van der Waals surface area contributed by atoms with E-state index in [-0.39, 0.29) is 23.7 Å². The van der Waals surface area contributed by atoms with E-state index in [0.29, 0.717) is 11.1 Å². The molecular weight excluding hydrogens is 230 g/mol. The van der Waals surface area contributed by atoms with Crippen molar-refractivity contribution in [3.8, 4) is 5.75 Å². The Morgan fingerprint density at radius 1 is 1.56 bits per heavy atom. The van der Waals surface area contributed by atoms with Gasteiger partial charge in [-0.2, -0.15) is 0 Å². The lowest BCUT2D eigenvalue weighted by atomic mass is 9.99. The summed E-state index contributed by atoms with van der Waals surface area (Å²) in [6.07, 6.45) is 1.44. The van der Waals surface area contributed by atoms with Crippen LogP contribution in [0.25, 0.3) is 0 Å². The molecule has 16 heavy (non-hydrogen) atoms. The Kier molecular flexibility index (Phi) is 5.01. The fourth-order valence-electron chi connectivity index (χ4n) is 1.31. The van der Waals surface area contributed by atoms with Crippen LogP contribution in [0.1, 0.15) is 27.5 Å². The molecule has 1 aromatic carbocycles. The van der Waals surface area contributed by atoms with Gasteiger partial charge in [-0.3, -0.25) is 0 Å². The molecule has 0 fully saturated rings. The molecule has 0 amide bonds. The Balaban J connectivity index is 0.00000225. The average Bonchev–Trinajstić information content (AvgIpc) is 2.20. The topological polar surface area (TPSA) is 83.6 Å². The standard InChI is InChI=1S/C11H13NO3.ClH/c1-3-9(12)8-5-7(11(14)15)4-6(2)10(8)13;/h3-5,9,13H,1,12H2,2H3,(H,14,15);1H/t9-;/m1./s1. The number of aromatic carboxylic acids is 1. The third-order valence-corrected chi connectivity index (χ3v) is 2.19. The van der Waals surface area contributed by atoms with Crippen molar-refractivity contribution in [1.29, 1.82) is 0 Å². The van der Waals surface area contributed by atoms with Gasteiger partial charge in [0.1, 0.15) is 5.75 Å². The van der Waals surface area contributed by atoms with E-state index < -0.39 is 12.0 Å². The molecule has 1 atom stereocenters. The van der Waals surface area contributed by atoms with E-state index >= 15 is 0 Å². The van der Waals surface area contributed by atoms with Crippen molar-refractivity contribution in [1.82, 2.24) is 0 Å². The number of hydrogen-bond acceptors (Lipinski definition) is 3. The van der Waals surface area contributed by atoms with Gasteiger partial charge in [0.2, 0.25) is 0 Å². The molecule has 0 aromatic heterocycles. The van der Waals surface area contributed by atoms with Crippen molar-refractivity contribution < 1.29 is 15.0 Å². The molecule has 0 radical (unpaired) electrons. The highest BCUT2D eigenvalue weighted by atomic mass is 35.5. The lowest BCUT2D eigenvalue weighted by molar-refractivity contribution is 0.0696. The molecular formula is C11H14ClNO3. The zero-order chi connectivity index (χ0) is 11.6. The number of carbonyl (C=O) groups is 1. The maximum Gasteiger partial charge on any atom is 0.335 e. The molecule has 1 rings (SSSR count). The molecule has 0 aliphatic rings. The highest BCUT2D eigenvalue weighted by Crippen LogP contribution is 2.28. The Hall–Kier alpha value is -1.52. The van der Waals surface area contributed by atoms with Gasteiger partial charge in [-0.1, -0.05) is 6.08 Å². The summed E-state index contributed by atoms with van der Waals surface area (Å²) in [5, 5.41) is 18.5. The van der Waals surface area contributed by atoms with E-state index in [9.17, 15) is 9.90 Å². The number of hydrogen-bond donors (Lipinski definition) is 3. The first-order valence-electron chi connectivity index (χ1n) is 4.42. The summed E-state index contributed by atoms with van der Waals surface area (Å²) in [6.45, 7) is 5.12. The minimum Gasteiger partial charge on any atom is -0.507 e. The number of halogens is 1. The molecule has 4 N–H and O–H groups in total. The zero-order valence-corrected chi connectivity index (χ0v) is 9.62. The number of aromatic hydroxyl groups is 1. The van der Waals surface area contributed by atoms with Crippen LogP contribution in [-0.2, 0) is 0 Å². The minimum absolute atomic E-state index is 0. The largest absolute Gasteiger partial charge is 0.507 e. The average molecular weight is 244 g/mol. The molecule has 4 nitrogen and oxygen atoms in total. The predicted molar refractivity (Wildman–Crippen MR) is 64.2 cm³/mol. The first-order chi connectivity index (χ1) is 6.97. The number of carboxylic acids is 1. The van der Waals surface area contributed by atoms with Gasteiger partial charge in [-0.05, 0) is 24.6 Å². The normalized spacial score (nSPS) is 11.4. The Morgan fingerprint density at radius 3 is 2.56 bits per heavy atom. The summed E-state index contributed by atoms with van der Waals surface area (Å²) in [7, 11) is 0. The van der Waals surface area contributed by atoms with Crippen molar-refractivity contribution in [3.63, 3.8) is 0 Å². The van der Waals surface area contributed by atoms with Crippen molar-refractivity contribution in [2.45, 2.75) is 13.0 Å². The number of carboxylic acid groups (broad SMARTS) is 1. The van der Waals surface area contributed by atoms with E-state index in [1.165, 1.54) is 18.2 Å². The van der Waals surface area contributed by atoms with Crippen LogP contribution in [-0.4, -0.2) is 16.2 Å². The predicted octanol–water partition coefficient (Wildman–Crippen LogP) is 2.01. The fourth-order valence-corrected chi connectivity index (χ4v) is 1.31. The van der Waals surface area contributed by atoms with Gasteiger partial charge >= 0.3 is 5.97 Å². The Bertz CT molecular complexity index is 418. The number of phenols is 1. The second-order valence-corrected chi connectivity index (χ2v) is 3.30. The van der Waals surface area contributed by atoms with Crippen LogP contribution in [0.2, 0.25) is 0 Å². The van der Waals surface area contributed by atoms with Gasteiger partial charge in [0.05, 0.1) is 11.6 Å². The fraction of sp³-hybridized carbons (Fsp3) is 0.182. The summed E-state index contributed by atoms with van der Waals surface area (Å²) < 4.78 is 0. The number of phenolic OH excluding ortho intramolecular Hbond substituents is 1. The van der Waals surface area contributed by atoms with Gasteiger partial charge < -0.3 is 15.9 Å². The van der Waals surface area contributed by atoms with E-state index in [0.717, 1.165) is 0 Å². The molecule has 5 heteroatoms. The van der Waals surface area contributed by atoms with E-state index in [4.69, 9.17) is 10.8 Å². The summed E-state index contributed by atoms with van der Waals surface area (Å²) in [5.41, 5.74) is 6.64. The summed E-state index contributed by atoms with van der Waals surface area (Å²) in [4.78, 5) is 10.8. The second kappa shape index (κ2) is 5.53. The van der Waals surface area contributed by atoms with E-state index in [1.807, 2.05) is 0 Å². The van der Waals surface area contributed by atoms with Crippen molar-refractivity contribution in [3.05, 3.63) is 41.5 Å². The summed E-state index contributed by atoms with van der Waals surface area (Å²) in [5.74, 6) is -1.02. The maximum atomic E-state index is 10.8. The first-order valence-corrected chi connectivity index (χ1v) is 4.42. The first kappa shape index (κ1) is 14.5. The zero-order valence-electron chi connectivity index (χ0n) is 8.80. The van der Waals surface area contributed by atoms with Gasteiger partial charge in [0.15, 0.2) is 0 Å².